The molecule has 0 unspecified atom stereocenters. The fraction of sp³-hybridized carbons (Fsp3) is 0.344. The van der Waals surface area contributed by atoms with Gasteiger partial charge in [-0.25, -0.2) is 9.18 Å². The van der Waals surface area contributed by atoms with E-state index in [0.717, 1.165) is 34.0 Å². The summed E-state index contributed by atoms with van der Waals surface area (Å²) in [5, 5.41) is 20.1. The molecule has 0 saturated carbocycles. The highest BCUT2D eigenvalue weighted by Gasteiger charge is 2.33. The molecule has 0 bridgehead atoms. The molecule has 3 aromatic rings. The fourth-order valence-corrected chi connectivity index (χ4v) is 5.90. The van der Waals surface area contributed by atoms with E-state index >= 15 is 0 Å². The first-order valence-corrected chi connectivity index (χ1v) is 15.0. The average molecular weight is 608 g/mol. The zero-order chi connectivity index (χ0) is 31.1. The summed E-state index contributed by atoms with van der Waals surface area (Å²) >= 11 is 1.13. The summed E-state index contributed by atoms with van der Waals surface area (Å²) in [7, 11) is 1.55. The molecule has 4 rings (SSSR count). The van der Waals surface area contributed by atoms with Crippen molar-refractivity contribution in [2.75, 3.05) is 18.9 Å². The van der Waals surface area contributed by atoms with E-state index in [-0.39, 0.29) is 37.4 Å². The molecule has 43 heavy (non-hydrogen) atoms. The Bertz CT molecular complexity index is 1460. The molecule has 0 spiro atoms. The fourth-order valence-electron chi connectivity index (χ4n) is 4.74. The number of fused-ring (bicyclic) bond motifs is 1. The van der Waals surface area contributed by atoms with Crippen molar-refractivity contribution >= 4 is 35.3 Å². The molecule has 0 radical (unpaired) electrons. The SMILES string of the molecule is CNC(=O)Nc1ccccc1-c1ccc(CN2Cc3ccc(F)cc3S[C@@H](NC(=O)CC(C)(C)NC[C@@H](C)O)C2=O)cc1. The highest BCUT2D eigenvalue weighted by atomic mass is 32.2. The predicted molar refractivity (Wildman–Crippen MR) is 167 cm³/mol. The standard InChI is InChI=1S/C32H38FN5O4S/c1-20(39)17-35-32(2,3)16-28(40)37-29-30(41)38(19-23-13-14-24(33)15-27(23)43-29)18-21-9-11-22(12-10-21)25-7-5-6-8-26(25)36-31(42)34-4/h5-15,20,29,35,39H,16-19H2,1-4H3,(H,37,40)(H2,34,36,42)/t20-,29-/m1/s1. The van der Waals surface area contributed by atoms with E-state index in [9.17, 15) is 23.9 Å². The first kappa shape index (κ1) is 32.0. The molecule has 4 amide bonds. The third-order valence-corrected chi connectivity index (χ3v) is 8.17. The number of carbonyl (C=O) groups is 3. The number of aliphatic hydroxyl groups is 1. The molecule has 1 aliphatic heterocycles. The van der Waals surface area contributed by atoms with E-state index in [1.54, 1.807) is 24.9 Å². The maximum Gasteiger partial charge on any atom is 0.318 e. The number of para-hydroxylation sites is 1. The largest absolute Gasteiger partial charge is 0.392 e. The molecule has 0 fully saturated rings. The first-order chi connectivity index (χ1) is 20.4. The molecule has 1 aliphatic rings. The van der Waals surface area contributed by atoms with Crippen molar-refractivity contribution in [2.45, 2.75) is 62.2 Å². The number of hydrogen-bond acceptors (Lipinski definition) is 6. The molecular weight excluding hydrogens is 569 g/mol. The Morgan fingerprint density at radius 1 is 1.12 bits per heavy atom. The van der Waals surface area contributed by atoms with Crippen LogP contribution in [0.1, 0.15) is 38.3 Å². The third-order valence-electron chi connectivity index (χ3n) is 6.98. The smallest absolute Gasteiger partial charge is 0.318 e. The van der Waals surface area contributed by atoms with Gasteiger partial charge in [-0.1, -0.05) is 60.3 Å². The highest BCUT2D eigenvalue weighted by Crippen LogP contribution is 2.34. The summed E-state index contributed by atoms with van der Waals surface area (Å²) in [6, 6.07) is 19.3. The molecule has 2 atom stereocenters. The minimum Gasteiger partial charge on any atom is -0.392 e. The molecule has 0 saturated heterocycles. The lowest BCUT2D eigenvalue weighted by Crippen LogP contribution is -2.50. The molecule has 0 aliphatic carbocycles. The summed E-state index contributed by atoms with van der Waals surface area (Å²) in [5.41, 5.74) is 3.47. The second-order valence-electron chi connectivity index (χ2n) is 11.2. The summed E-state index contributed by atoms with van der Waals surface area (Å²) in [5.74, 6) is -1.03. The minimum absolute atomic E-state index is 0.0811. The lowest BCUT2D eigenvalue weighted by Gasteiger charge is -2.28. The maximum atomic E-state index is 14.2. The molecule has 9 nitrogen and oxygen atoms in total. The van der Waals surface area contributed by atoms with Crippen LogP contribution in [0.2, 0.25) is 0 Å². The van der Waals surface area contributed by atoms with E-state index in [0.29, 0.717) is 17.1 Å². The zero-order valence-electron chi connectivity index (χ0n) is 24.7. The Morgan fingerprint density at radius 2 is 1.84 bits per heavy atom. The van der Waals surface area contributed by atoms with Gasteiger partial charge in [0.15, 0.2) is 5.37 Å². The number of hydrogen-bond donors (Lipinski definition) is 5. The first-order valence-electron chi connectivity index (χ1n) is 14.1. The van der Waals surface area contributed by atoms with E-state index in [1.165, 1.54) is 12.1 Å². The second-order valence-corrected chi connectivity index (χ2v) is 12.4. The number of carbonyl (C=O) groups excluding carboxylic acids is 3. The third kappa shape index (κ3) is 8.79. The summed E-state index contributed by atoms with van der Waals surface area (Å²) < 4.78 is 14.2. The van der Waals surface area contributed by atoms with Crippen LogP contribution in [0.5, 0.6) is 0 Å². The lowest BCUT2D eigenvalue weighted by molar-refractivity contribution is -0.135. The van der Waals surface area contributed by atoms with Crippen LogP contribution in [0.25, 0.3) is 11.1 Å². The van der Waals surface area contributed by atoms with Crippen molar-refractivity contribution in [1.82, 2.24) is 20.9 Å². The van der Waals surface area contributed by atoms with Crippen LogP contribution in [-0.2, 0) is 22.7 Å². The van der Waals surface area contributed by atoms with Gasteiger partial charge in [-0.15, -0.1) is 0 Å². The van der Waals surface area contributed by atoms with Crippen molar-refractivity contribution in [3.63, 3.8) is 0 Å². The van der Waals surface area contributed by atoms with Crippen LogP contribution in [0.3, 0.4) is 0 Å². The van der Waals surface area contributed by atoms with Gasteiger partial charge in [0.25, 0.3) is 5.91 Å². The predicted octanol–water partition coefficient (Wildman–Crippen LogP) is 4.46. The van der Waals surface area contributed by atoms with Gasteiger partial charge in [0.2, 0.25) is 5.91 Å². The number of nitrogens with one attached hydrogen (secondary N) is 4. The lowest BCUT2D eigenvalue weighted by atomic mass is 10.00. The number of urea groups is 1. The number of β-amino-alcohol motifs (C(OH)–C–C–N with tert-alkyl or cyclic N) is 1. The second kappa shape index (κ2) is 14.0. The quantitative estimate of drug-likeness (QED) is 0.232. The van der Waals surface area contributed by atoms with Gasteiger partial charge < -0.3 is 31.3 Å². The molecule has 5 N–H and O–H groups in total. The van der Waals surface area contributed by atoms with Crippen molar-refractivity contribution in [3.05, 3.63) is 83.7 Å². The summed E-state index contributed by atoms with van der Waals surface area (Å²) in [4.78, 5) is 41.0. The summed E-state index contributed by atoms with van der Waals surface area (Å²) in [6.45, 7) is 6.23. The number of anilines is 1. The number of thioether (sulfide) groups is 1. The highest BCUT2D eigenvalue weighted by molar-refractivity contribution is 8.00. The number of halogens is 1. The average Bonchev–Trinajstić information content (AvgIpc) is 3.08. The van der Waals surface area contributed by atoms with Crippen LogP contribution in [0.4, 0.5) is 14.9 Å². The number of nitrogens with zero attached hydrogens (tertiary/aromatic N) is 1. The van der Waals surface area contributed by atoms with Crippen LogP contribution in [0.15, 0.2) is 71.6 Å². The molecule has 11 heteroatoms. The topological polar surface area (TPSA) is 123 Å². The number of amides is 4. The maximum absolute atomic E-state index is 14.2. The minimum atomic E-state index is -0.940. The molecule has 0 aromatic heterocycles. The molecule has 1 heterocycles. The van der Waals surface area contributed by atoms with E-state index in [2.05, 4.69) is 21.3 Å². The Balaban J connectivity index is 1.53. The van der Waals surface area contributed by atoms with Gasteiger partial charge in [-0.3, -0.25) is 9.59 Å². The Labute approximate surface area is 255 Å². The number of aliphatic hydroxyl groups excluding tert-OH is 1. The van der Waals surface area contributed by atoms with Crippen molar-refractivity contribution < 1.29 is 23.9 Å². The Kier molecular flexibility index (Phi) is 10.4. The van der Waals surface area contributed by atoms with Crippen LogP contribution >= 0.6 is 11.8 Å². The van der Waals surface area contributed by atoms with Gasteiger partial charge in [0, 0.05) is 49.1 Å². The van der Waals surface area contributed by atoms with Crippen LogP contribution in [0, 0.1) is 5.82 Å². The molecular formula is C32H38FN5O4S. The van der Waals surface area contributed by atoms with Gasteiger partial charge in [-0.05, 0) is 55.7 Å². The van der Waals surface area contributed by atoms with Crippen LogP contribution < -0.4 is 21.3 Å². The van der Waals surface area contributed by atoms with Gasteiger partial charge in [0.05, 0.1) is 11.8 Å². The van der Waals surface area contributed by atoms with E-state index in [1.807, 2.05) is 62.4 Å². The van der Waals surface area contributed by atoms with E-state index in [4.69, 9.17) is 0 Å². The van der Waals surface area contributed by atoms with Crippen molar-refractivity contribution in [2.24, 2.45) is 0 Å². The van der Waals surface area contributed by atoms with Gasteiger partial charge in [0.1, 0.15) is 5.82 Å². The Morgan fingerprint density at radius 3 is 2.53 bits per heavy atom. The van der Waals surface area contributed by atoms with Crippen molar-refractivity contribution in [1.29, 1.82) is 0 Å². The Hall–Kier alpha value is -3.93. The number of rotatable bonds is 10. The molecule has 228 valence electrons. The zero-order valence-corrected chi connectivity index (χ0v) is 25.6. The summed E-state index contributed by atoms with van der Waals surface area (Å²) in [6.07, 6.45) is -0.484. The molecule has 3 aromatic carbocycles. The monoisotopic (exact) mass is 607 g/mol. The van der Waals surface area contributed by atoms with Gasteiger partial charge >= 0.3 is 6.03 Å². The number of benzene rings is 3. The normalized spacial score (nSPS) is 15.7. The van der Waals surface area contributed by atoms with Gasteiger partial charge in [-0.2, -0.15) is 0 Å². The van der Waals surface area contributed by atoms with Crippen LogP contribution in [-0.4, -0.2) is 58.5 Å². The van der Waals surface area contributed by atoms with Crippen molar-refractivity contribution in [3.8, 4) is 11.1 Å². The van der Waals surface area contributed by atoms with E-state index < -0.39 is 22.8 Å².